The number of hydrogen-bond donors (Lipinski definition) is 1. The van der Waals surface area contributed by atoms with Gasteiger partial charge in [-0.05, 0) is 43.4 Å². The molecule has 1 aromatic rings. The minimum Gasteiger partial charge on any atom is -0.395 e. The van der Waals surface area contributed by atoms with Crippen molar-refractivity contribution < 1.29 is 5.11 Å². The Labute approximate surface area is 122 Å². The van der Waals surface area contributed by atoms with Gasteiger partial charge in [0, 0.05) is 32.2 Å². The van der Waals surface area contributed by atoms with E-state index in [2.05, 4.69) is 34.1 Å². The smallest absolute Gasteiger partial charge is 0.0558 e. The van der Waals surface area contributed by atoms with E-state index in [0.717, 1.165) is 26.2 Å². The lowest BCUT2D eigenvalue weighted by Gasteiger charge is -2.35. The van der Waals surface area contributed by atoms with Gasteiger partial charge in [-0.15, -0.1) is 0 Å². The lowest BCUT2D eigenvalue weighted by Crippen LogP contribution is -2.35. The van der Waals surface area contributed by atoms with Gasteiger partial charge in [-0.1, -0.05) is 24.3 Å². The predicted octanol–water partition coefficient (Wildman–Crippen LogP) is 2.06. The largest absolute Gasteiger partial charge is 0.395 e. The van der Waals surface area contributed by atoms with E-state index in [4.69, 9.17) is 5.11 Å². The van der Waals surface area contributed by atoms with E-state index >= 15 is 0 Å². The zero-order valence-corrected chi connectivity index (χ0v) is 12.3. The number of aliphatic hydroxyl groups is 1. The third kappa shape index (κ3) is 3.05. The first kappa shape index (κ1) is 14.1. The molecular formula is C17H26N2O. The number of nitrogens with zero attached hydrogens (tertiary/aromatic N) is 2. The fourth-order valence-electron chi connectivity index (χ4n) is 3.78. The number of aliphatic hydroxyl groups excluding tert-OH is 1. The van der Waals surface area contributed by atoms with Crippen molar-refractivity contribution in [1.82, 2.24) is 9.80 Å². The summed E-state index contributed by atoms with van der Waals surface area (Å²) in [4.78, 5) is 5.07. The van der Waals surface area contributed by atoms with E-state index in [1.54, 1.807) is 11.1 Å². The zero-order valence-electron chi connectivity index (χ0n) is 12.3. The Balaban J connectivity index is 1.71. The van der Waals surface area contributed by atoms with Crippen LogP contribution in [0.5, 0.6) is 0 Å². The molecule has 1 aromatic carbocycles. The van der Waals surface area contributed by atoms with Gasteiger partial charge in [0.2, 0.25) is 0 Å². The average molecular weight is 274 g/mol. The number of fused-ring (bicyclic) bond motifs is 1. The molecule has 1 fully saturated rings. The van der Waals surface area contributed by atoms with Crippen LogP contribution in [0.25, 0.3) is 0 Å². The topological polar surface area (TPSA) is 26.7 Å². The highest BCUT2D eigenvalue weighted by atomic mass is 16.3. The van der Waals surface area contributed by atoms with Crippen LogP contribution < -0.4 is 0 Å². The van der Waals surface area contributed by atoms with Crippen molar-refractivity contribution >= 4 is 0 Å². The molecule has 110 valence electrons. The SMILES string of the molecule is OCCN1CCCN(C2CCCc3ccccc32)CC1. The summed E-state index contributed by atoms with van der Waals surface area (Å²) in [6.45, 7) is 5.67. The van der Waals surface area contributed by atoms with Gasteiger partial charge < -0.3 is 5.11 Å². The molecule has 0 saturated carbocycles. The first-order chi connectivity index (χ1) is 9.88. The van der Waals surface area contributed by atoms with E-state index in [0.29, 0.717) is 6.04 Å². The lowest BCUT2D eigenvalue weighted by atomic mass is 9.87. The summed E-state index contributed by atoms with van der Waals surface area (Å²) in [5.41, 5.74) is 3.12. The van der Waals surface area contributed by atoms with Crippen molar-refractivity contribution in [2.24, 2.45) is 0 Å². The number of β-amino-alcohol motifs (C(OH)–C–C–N with tert-alkyl or cyclic N) is 1. The van der Waals surface area contributed by atoms with E-state index in [1.807, 2.05) is 0 Å². The Morgan fingerprint density at radius 1 is 1.05 bits per heavy atom. The molecule has 0 spiro atoms. The highest BCUT2D eigenvalue weighted by Gasteiger charge is 2.26. The van der Waals surface area contributed by atoms with Crippen molar-refractivity contribution in [3.63, 3.8) is 0 Å². The van der Waals surface area contributed by atoms with Crippen LogP contribution in [0, 0.1) is 0 Å². The molecule has 0 amide bonds. The van der Waals surface area contributed by atoms with Crippen LogP contribution in [-0.2, 0) is 6.42 Å². The molecule has 3 rings (SSSR count). The molecule has 1 N–H and O–H groups in total. The third-order valence-corrected chi connectivity index (χ3v) is 4.82. The fraction of sp³-hybridized carbons (Fsp3) is 0.647. The Morgan fingerprint density at radius 2 is 1.95 bits per heavy atom. The minimum atomic E-state index is 0.284. The number of rotatable bonds is 3. The predicted molar refractivity (Wildman–Crippen MR) is 81.8 cm³/mol. The van der Waals surface area contributed by atoms with Crippen molar-refractivity contribution in [2.75, 3.05) is 39.3 Å². The number of aryl methyl sites for hydroxylation is 1. The average Bonchev–Trinajstić information content (AvgIpc) is 2.73. The van der Waals surface area contributed by atoms with Crippen LogP contribution in [0.15, 0.2) is 24.3 Å². The fourth-order valence-corrected chi connectivity index (χ4v) is 3.78. The molecule has 1 unspecified atom stereocenters. The maximum atomic E-state index is 9.10. The highest BCUT2D eigenvalue weighted by molar-refractivity contribution is 5.32. The van der Waals surface area contributed by atoms with Gasteiger partial charge in [0.25, 0.3) is 0 Å². The standard InChI is InChI=1S/C17H26N2O/c20-14-13-18-9-4-10-19(12-11-18)17-8-3-6-15-5-1-2-7-16(15)17/h1-2,5,7,17,20H,3-4,6,8-14H2. The van der Waals surface area contributed by atoms with Crippen LogP contribution in [0.3, 0.4) is 0 Å². The van der Waals surface area contributed by atoms with Gasteiger partial charge in [0.15, 0.2) is 0 Å². The quantitative estimate of drug-likeness (QED) is 0.914. The molecule has 1 atom stereocenters. The van der Waals surface area contributed by atoms with Crippen LogP contribution >= 0.6 is 0 Å². The van der Waals surface area contributed by atoms with E-state index in [-0.39, 0.29) is 6.61 Å². The molecule has 1 aliphatic heterocycles. The van der Waals surface area contributed by atoms with E-state index in [1.165, 1.54) is 32.2 Å². The van der Waals surface area contributed by atoms with E-state index in [9.17, 15) is 0 Å². The molecule has 3 heteroatoms. The van der Waals surface area contributed by atoms with Crippen LogP contribution in [0.4, 0.5) is 0 Å². The highest BCUT2D eigenvalue weighted by Crippen LogP contribution is 2.34. The van der Waals surface area contributed by atoms with Gasteiger partial charge in [-0.2, -0.15) is 0 Å². The molecule has 0 bridgehead atoms. The Morgan fingerprint density at radius 3 is 2.85 bits per heavy atom. The number of benzene rings is 1. The molecule has 2 aliphatic rings. The summed E-state index contributed by atoms with van der Waals surface area (Å²) in [6.07, 6.45) is 5.09. The Kier molecular flexibility index (Phi) is 4.71. The first-order valence-electron chi connectivity index (χ1n) is 8.03. The molecular weight excluding hydrogens is 248 g/mol. The van der Waals surface area contributed by atoms with Gasteiger partial charge in [0.05, 0.1) is 6.61 Å². The van der Waals surface area contributed by atoms with Crippen LogP contribution in [0.1, 0.15) is 36.4 Å². The maximum absolute atomic E-state index is 9.10. The van der Waals surface area contributed by atoms with Crippen molar-refractivity contribution in [1.29, 1.82) is 0 Å². The summed E-state index contributed by atoms with van der Waals surface area (Å²) in [5.74, 6) is 0. The molecule has 1 saturated heterocycles. The minimum absolute atomic E-state index is 0.284. The monoisotopic (exact) mass is 274 g/mol. The van der Waals surface area contributed by atoms with Crippen molar-refractivity contribution in [2.45, 2.75) is 31.7 Å². The number of hydrogen-bond acceptors (Lipinski definition) is 3. The Bertz CT molecular complexity index is 435. The molecule has 0 radical (unpaired) electrons. The second-order valence-electron chi connectivity index (χ2n) is 6.06. The Hall–Kier alpha value is -0.900. The van der Waals surface area contributed by atoms with Gasteiger partial charge >= 0.3 is 0 Å². The van der Waals surface area contributed by atoms with Gasteiger partial charge in [-0.3, -0.25) is 9.80 Å². The zero-order chi connectivity index (χ0) is 13.8. The second kappa shape index (κ2) is 6.70. The van der Waals surface area contributed by atoms with Gasteiger partial charge in [0.1, 0.15) is 0 Å². The molecule has 0 aromatic heterocycles. The maximum Gasteiger partial charge on any atom is 0.0558 e. The summed E-state index contributed by atoms with van der Waals surface area (Å²) in [6, 6.07) is 9.61. The summed E-state index contributed by atoms with van der Waals surface area (Å²) >= 11 is 0. The molecule has 1 heterocycles. The second-order valence-corrected chi connectivity index (χ2v) is 6.06. The summed E-state index contributed by atoms with van der Waals surface area (Å²) in [7, 11) is 0. The first-order valence-corrected chi connectivity index (χ1v) is 8.03. The molecule has 20 heavy (non-hydrogen) atoms. The molecule has 3 nitrogen and oxygen atoms in total. The summed E-state index contributed by atoms with van der Waals surface area (Å²) in [5, 5.41) is 9.10. The summed E-state index contributed by atoms with van der Waals surface area (Å²) < 4.78 is 0. The normalized spacial score (nSPS) is 25.1. The molecule has 1 aliphatic carbocycles. The van der Waals surface area contributed by atoms with E-state index < -0.39 is 0 Å². The van der Waals surface area contributed by atoms with Crippen LogP contribution in [0.2, 0.25) is 0 Å². The van der Waals surface area contributed by atoms with Crippen molar-refractivity contribution in [3.05, 3.63) is 35.4 Å². The van der Waals surface area contributed by atoms with Crippen molar-refractivity contribution in [3.8, 4) is 0 Å². The van der Waals surface area contributed by atoms with Gasteiger partial charge in [-0.25, -0.2) is 0 Å². The third-order valence-electron chi connectivity index (χ3n) is 4.82. The lowest BCUT2D eigenvalue weighted by molar-refractivity contribution is 0.170. The van der Waals surface area contributed by atoms with Crippen LogP contribution in [-0.4, -0.2) is 54.2 Å².